The molecule has 0 spiro atoms. The predicted octanol–water partition coefficient (Wildman–Crippen LogP) is 5.71. The Balaban J connectivity index is 2.25. The summed E-state index contributed by atoms with van der Waals surface area (Å²) in [5.41, 5.74) is 6.30. The van der Waals surface area contributed by atoms with Crippen LogP contribution < -0.4 is 0 Å². The fraction of sp³-hybridized carbons (Fsp3) is 0.400. The maximum atomic E-state index is 4.65. The molecule has 0 aliphatic heterocycles. The van der Waals surface area contributed by atoms with Crippen molar-refractivity contribution in [2.24, 2.45) is 0 Å². The van der Waals surface area contributed by atoms with Crippen LogP contribution >= 0.6 is 15.9 Å². The molecule has 4 heteroatoms. The van der Waals surface area contributed by atoms with Gasteiger partial charge in [0.05, 0.1) is 0 Å². The predicted molar refractivity (Wildman–Crippen MR) is 107 cm³/mol. The van der Waals surface area contributed by atoms with Crippen molar-refractivity contribution < 1.29 is 0 Å². The molecule has 3 rings (SSSR count). The van der Waals surface area contributed by atoms with Crippen molar-refractivity contribution in [3.05, 3.63) is 45.1 Å². The van der Waals surface area contributed by atoms with Crippen LogP contribution in [0.1, 0.15) is 52.7 Å². The molecule has 0 fully saturated rings. The van der Waals surface area contributed by atoms with Crippen LogP contribution in [0.15, 0.2) is 33.9 Å². The van der Waals surface area contributed by atoms with Gasteiger partial charge in [-0.25, -0.2) is 0 Å². The van der Waals surface area contributed by atoms with Gasteiger partial charge in [0.15, 0.2) is 0 Å². The summed E-state index contributed by atoms with van der Waals surface area (Å²) < 4.78 is 2.42. The number of hydrogen-bond acceptors (Lipinski definition) is 2. The van der Waals surface area contributed by atoms with E-state index < -0.39 is 0 Å². The number of hydrogen-bond donors (Lipinski definition) is 0. The van der Waals surface area contributed by atoms with E-state index in [0.717, 1.165) is 15.7 Å². The molecule has 0 N–H and O–H groups in total. The third kappa shape index (κ3) is 3.37. The Morgan fingerprint density at radius 3 is 2.25 bits per heavy atom. The Morgan fingerprint density at radius 2 is 1.62 bits per heavy atom. The number of benzene rings is 1. The van der Waals surface area contributed by atoms with Crippen LogP contribution in [0.5, 0.6) is 0 Å². The molecule has 2 heterocycles. The summed E-state index contributed by atoms with van der Waals surface area (Å²) in [6, 6.07) is 6.65. The van der Waals surface area contributed by atoms with E-state index in [1.807, 2.05) is 0 Å². The maximum absolute atomic E-state index is 4.65. The van der Waals surface area contributed by atoms with Crippen molar-refractivity contribution >= 4 is 40.2 Å². The second-order valence-electron chi connectivity index (χ2n) is 8.28. The normalized spacial score (nSPS) is 12.8. The molecule has 0 aliphatic carbocycles. The molecular weight excluding hydrogens is 427 g/mol. The minimum atomic E-state index is 0.106. The minimum absolute atomic E-state index is 0.106. The molecule has 0 bridgehead atoms. The van der Waals surface area contributed by atoms with Gasteiger partial charge in [-0.3, -0.25) is 0 Å². The topological polar surface area (TPSA) is 25.8 Å². The number of fused-ring (bicyclic) bond motifs is 1. The average molecular weight is 450 g/mol. The second-order valence-corrected chi connectivity index (χ2v) is 11.0. The summed E-state index contributed by atoms with van der Waals surface area (Å²) in [5, 5.41) is 0. The molecule has 3 aromatic rings. The Hall–Kier alpha value is -0.961. The quantitative estimate of drug-likeness (QED) is 0.444. The second kappa shape index (κ2) is 6.09. The molecule has 126 valence electrons. The molecule has 0 aliphatic rings. The zero-order chi connectivity index (χ0) is 17.7. The molecule has 1 aromatic carbocycles. The summed E-state index contributed by atoms with van der Waals surface area (Å²) in [5.74, 6) is 0. The van der Waals surface area contributed by atoms with E-state index in [-0.39, 0.29) is 10.8 Å². The van der Waals surface area contributed by atoms with Gasteiger partial charge < -0.3 is 0 Å². The Morgan fingerprint density at radius 1 is 0.917 bits per heavy atom. The fourth-order valence-corrected chi connectivity index (χ4v) is 5.88. The van der Waals surface area contributed by atoms with Crippen LogP contribution in [-0.2, 0) is 10.8 Å². The van der Waals surface area contributed by atoms with Gasteiger partial charge in [0, 0.05) is 0 Å². The van der Waals surface area contributed by atoms with Gasteiger partial charge in [-0.15, -0.1) is 0 Å². The van der Waals surface area contributed by atoms with E-state index in [0.29, 0.717) is 14.5 Å². The zero-order valence-corrected chi connectivity index (χ0v) is 18.4. The van der Waals surface area contributed by atoms with Gasteiger partial charge in [-0.2, -0.15) is 0 Å². The summed E-state index contributed by atoms with van der Waals surface area (Å²) in [4.78, 5) is 11.6. The number of aromatic nitrogens is 2. The van der Waals surface area contributed by atoms with Crippen LogP contribution in [0.4, 0.5) is 0 Å². The van der Waals surface area contributed by atoms with E-state index in [9.17, 15) is 0 Å². The molecule has 0 radical (unpaired) electrons. The van der Waals surface area contributed by atoms with Crippen LogP contribution in [0.3, 0.4) is 0 Å². The summed E-state index contributed by atoms with van der Waals surface area (Å²) in [6.45, 7) is 13.5. The van der Waals surface area contributed by atoms with Crippen molar-refractivity contribution in [1.82, 2.24) is 9.97 Å². The third-order valence-electron chi connectivity index (χ3n) is 4.20. The van der Waals surface area contributed by atoms with Gasteiger partial charge >= 0.3 is 159 Å². The van der Waals surface area contributed by atoms with Crippen molar-refractivity contribution in [2.45, 2.75) is 52.4 Å². The van der Waals surface area contributed by atoms with E-state index >= 15 is 0 Å². The van der Waals surface area contributed by atoms with Crippen molar-refractivity contribution in [1.29, 1.82) is 0 Å². The molecule has 0 atom stereocenters. The van der Waals surface area contributed by atoms with Crippen LogP contribution in [-0.4, -0.2) is 24.5 Å². The molecule has 0 saturated carbocycles. The molecule has 24 heavy (non-hydrogen) atoms. The van der Waals surface area contributed by atoms with E-state index in [4.69, 9.17) is 0 Å². The fourth-order valence-electron chi connectivity index (χ4n) is 2.75. The summed E-state index contributed by atoms with van der Waals surface area (Å²) >= 11 is 3.97. The summed E-state index contributed by atoms with van der Waals surface area (Å²) in [7, 11) is 0. The zero-order valence-electron chi connectivity index (χ0n) is 15.1. The van der Waals surface area contributed by atoms with Crippen molar-refractivity contribution in [3.8, 4) is 11.3 Å². The molecule has 2 nitrogen and oxygen atoms in total. The average Bonchev–Trinajstić information content (AvgIpc) is 2.89. The van der Waals surface area contributed by atoms with Crippen molar-refractivity contribution in [2.75, 3.05) is 0 Å². The SMILES string of the molecule is CC(C)(C)c1cc(Br)cc(-c2ncnc3c(C(C)(C)C)c[se]c23)c1. The molecule has 2 aromatic heterocycles. The Labute approximate surface area is 158 Å². The van der Waals surface area contributed by atoms with Crippen molar-refractivity contribution in [3.63, 3.8) is 0 Å². The Bertz CT molecular complexity index is 898. The first-order valence-corrected chi connectivity index (χ1v) is 10.8. The van der Waals surface area contributed by atoms with Gasteiger partial charge in [0.25, 0.3) is 0 Å². The van der Waals surface area contributed by atoms with Crippen LogP contribution in [0, 0.1) is 0 Å². The number of halogens is 1. The van der Waals surface area contributed by atoms with Gasteiger partial charge in [-0.05, 0) is 0 Å². The van der Waals surface area contributed by atoms with Crippen LogP contribution in [0.2, 0.25) is 0 Å². The first kappa shape index (κ1) is 17.8. The monoisotopic (exact) mass is 450 g/mol. The van der Waals surface area contributed by atoms with Crippen LogP contribution in [0.25, 0.3) is 21.0 Å². The molecule has 0 unspecified atom stereocenters. The number of rotatable bonds is 1. The first-order valence-electron chi connectivity index (χ1n) is 8.11. The van der Waals surface area contributed by atoms with Gasteiger partial charge in [-0.1, -0.05) is 0 Å². The number of nitrogens with zero attached hydrogens (tertiary/aromatic N) is 2. The van der Waals surface area contributed by atoms with Gasteiger partial charge in [0.2, 0.25) is 0 Å². The molecule has 0 amide bonds. The Kier molecular flexibility index (Phi) is 4.53. The van der Waals surface area contributed by atoms with E-state index in [2.05, 4.69) is 90.6 Å². The molecule has 0 saturated heterocycles. The molecular formula is C20H23BrN2Se. The summed E-state index contributed by atoms with van der Waals surface area (Å²) in [6.07, 6.45) is 1.72. The standard InChI is InChI=1S/C20H23BrN2Se/c1-19(2,3)13-7-12(8-14(21)9-13)16-18-17(23-11-22-16)15(10-24-18)20(4,5)6/h7-11H,1-6H3. The third-order valence-corrected chi connectivity index (χ3v) is 6.70. The van der Waals surface area contributed by atoms with E-state index in [1.165, 1.54) is 21.0 Å². The van der Waals surface area contributed by atoms with Gasteiger partial charge in [0.1, 0.15) is 0 Å². The van der Waals surface area contributed by atoms with E-state index in [1.54, 1.807) is 6.33 Å². The first-order chi connectivity index (χ1) is 11.1.